The van der Waals surface area contributed by atoms with E-state index in [4.69, 9.17) is 0 Å². The third-order valence-electron chi connectivity index (χ3n) is 3.45. The van der Waals surface area contributed by atoms with Gasteiger partial charge in [-0.1, -0.05) is 54.2 Å². The van der Waals surface area contributed by atoms with Gasteiger partial charge in [-0.2, -0.15) is 0 Å². The molecule has 0 atom stereocenters. The summed E-state index contributed by atoms with van der Waals surface area (Å²) in [7, 11) is 0. The van der Waals surface area contributed by atoms with Gasteiger partial charge in [-0.3, -0.25) is 4.57 Å². The SMILES string of the molecule is O=c1[nH]nc(SCc2cccc(F)c2)n1CCc1ccccc1. The van der Waals surface area contributed by atoms with Gasteiger partial charge in [0.1, 0.15) is 5.82 Å². The molecule has 1 heterocycles. The minimum Gasteiger partial charge on any atom is -0.270 e. The van der Waals surface area contributed by atoms with Gasteiger partial charge in [0.15, 0.2) is 5.16 Å². The highest BCUT2D eigenvalue weighted by Crippen LogP contribution is 2.20. The smallest absolute Gasteiger partial charge is 0.270 e. The molecule has 0 aliphatic rings. The Bertz CT molecular complexity index is 829. The molecule has 0 bridgehead atoms. The second kappa shape index (κ2) is 7.28. The molecular formula is C17H16FN3OS. The third kappa shape index (κ3) is 4.10. The van der Waals surface area contributed by atoms with E-state index in [0.717, 1.165) is 12.0 Å². The van der Waals surface area contributed by atoms with Gasteiger partial charge in [-0.25, -0.2) is 14.3 Å². The minimum atomic E-state index is -0.258. The van der Waals surface area contributed by atoms with Crippen LogP contribution in [0.3, 0.4) is 0 Å². The van der Waals surface area contributed by atoms with E-state index < -0.39 is 0 Å². The number of rotatable bonds is 6. The first-order valence-electron chi connectivity index (χ1n) is 7.29. The first kappa shape index (κ1) is 15.6. The summed E-state index contributed by atoms with van der Waals surface area (Å²) < 4.78 is 14.8. The molecule has 6 heteroatoms. The fraction of sp³-hybridized carbons (Fsp3) is 0.176. The molecule has 1 N–H and O–H groups in total. The van der Waals surface area contributed by atoms with Gasteiger partial charge >= 0.3 is 5.69 Å². The van der Waals surface area contributed by atoms with E-state index >= 15 is 0 Å². The minimum absolute atomic E-state index is 0.220. The molecule has 0 fully saturated rings. The highest BCUT2D eigenvalue weighted by atomic mass is 32.2. The Kier molecular flexibility index (Phi) is 4.92. The lowest BCUT2D eigenvalue weighted by molar-refractivity contribution is 0.615. The van der Waals surface area contributed by atoms with Gasteiger partial charge in [0.05, 0.1) is 0 Å². The fourth-order valence-corrected chi connectivity index (χ4v) is 3.19. The summed E-state index contributed by atoms with van der Waals surface area (Å²) in [5.41, 5.74) is 1.81. The van der Waals surface area contributed by atoms with E-state index in [1.807, 2.05) is 36.4 Å². The summed E-state index contributed by atoms with van der Waals surface area (Å²) >= 11 is 1.42. The summed E-state index contributed by atoms with van der Waals surface area (Å²) in [5, 5.41) is 7.16. The van der Waals surface area contributed by atoms with Gasteiger partial charge in [0.2, 0.25) is 0 Å². The van der Waals surface area contributed by atoms with Crippen LogP contribution in [0.4, 0.5) is 4.39 Å². The van der Waals surface area contributed by atoms with E-state index in [1.165, 1.54) is 29.5 Å². The summed E-state index contributed by atoms with van der Waals surface area (Å²) in [5.74, 6) is 0.305. The first-order chi connectivity index (χ1) is 11.2. The number of nitrogens with one attached hydrogen (secondary N) is 1. The molecule has 3 rings (SSSR count). The highest BCUT2D eigenvalue weighted by molar-refractivity contribution is 7.98. The normalized spacial score (nSPS) is 10.8. The van der Waals surface area contributed by atoms with Crippen LogP contribution in [0.1, 0.15) is 11.1 Å². The van der Waals surface area contributed by atoms with Gasteiger partial charge in [0.25, 0.3) is 0 Å². The number of halogens is 1. The second-order valence-electron chi connectivity index (χ2n) is 5.12. The van der Waals surface area contributed by atoms with Crippen molar-refractivity contribution in [2.75, 3.05) is 0 Å². The molecule has 118 valence electrons. The summed E-state index contributed by atoms with van der Waals surface area (Å²) in [6, 6.07) is 16.4. The van der Waals surface area contributed by atoms with E-state index in [2.05, 4.69) is 10.2 Å². The maximum Gasteiger partial charge on any atom is 0.343 e. The van der Waals surface area contributed by atoms with Crippen LogP contribution in [0.15, 0.2) is 64.5 Å². The summed E-state index contributed by atoms with van der Waals surface area (Å²) in [4.78, 5) is 11.9. The lowest BCUT2D eigenvalue weighted by atomic mass is 10.1. The number of benzene rings is 2. The van der Waals surface area contributed by atoms with E-state index in [-0.39, 0.29) is 11.5 Å². The molecule has 2 aromatic carbocycles. The molecule has 0 aliphatic carbocycles. The Balaban J connectivity index is 1.67. The predicted molar refractivity (Wildman–Crippen MR) is 89.0 cm³/mol. The van der Waals surface area contributed by atoms with Crippen LogP contribution in [0.5, 0.6) is 0 Å². The van der Waals surface area contributed by atoms with Gasteiger partial charge < -0.3 is 0 Å². The molecule has 0 spiro atoms. The van der Waals surface area contributed by atoms with Crippen LogP contribution < -0.4 is 5.69 Å². The molecule has 1 aromatic heterocycles. The molecule has 0 saturated carbocycles. The average molecular weight is 329 g/mol. The second-order valence-corrected chi connectivity index (χ2v) is 6.06. The zero-order chi connectivity index (χ0) is 16.1. The molecule has 0 amide bonds. The standard InChI is InChI=1S/C17H16FN3OS/c18-15-8-4-7-14(11-15)12-23-17-20-19-16(22)21(17)10-9-13-5-2-1-3-6-13/h1-8,11H,9-10,12H2,(H,19,22). The van der Waals surface area contributed by atoms with Crippen LogP contribution in [0, 0.1) is 5.82 Å². The van der Waals surface area contributed by atoms with Crippen molar-refractivity contribution >= 4 is 11.8 Å². The molecular weight excluding hydrogens is 313 g/mol. The van der Waals surface area contributed by atoms with E-state index in [0.29, 0.717) is 17.5 Å². The van der Waals surface area contributed by atoms with Crippen LogP contribution in [0.2, 0.25) is 0 Å². The molecule has 3 aromatic rings. The molecule has 0 radical (unpaired) electrons. The molecule has 0 saturated heterocycles. The Morgan fingerprint density at radius 2 is 1.87 bits per heavy atom. The quantitative estimate of drug-likeness (QED) is 0.706. The number of nitrogens with zero attached hydrogens (tertiary/aromatic N) is 2. The van der Waals surface area contributed by atoms with Crippen molar-refractivity contribution in [3.05, 3.63) is 82.0 Å². The summed E-state index contributed by atoms with van der Waals surface area (Å²) in [6.45, 7) is 0.560. The van der Waals surface area contributed by atoms with Crippen molar-refractivity contribution in [3.8, 4) is 0 Å². The van der Waals surface area contributed by atoms with Crippen LogP contribution >= 0.6 is 11.8 Å². The Labute approximate surface area is 137 Å². The number of hydrogen-bond acceptors (Lipinski definition) is 3. The van der Waals surface area contributed by atoms with Crippen molar-refractivity contribution in [3.63, 3.8) is 0 Å². The zero-order valence-corrected chi connectivity index (χ0v) is 13.2. The topological polar surface area (TPSA) is 50.7 Å². The van der Waals surface area contributed by atoms with E-state index in [9.17, 15) is 9.18 Å². The van der Waals surface area contributed by atoms with Crippen LogP contribution in [0.25, 0.3) is 0 Å². The number of H-pyrrole nitrogens is 1. The van der Waals surface area contributed by atoms with Gasteiger partial charge in [-0.05, 0) is 29.7 Å². The van der Waals surface area contributed by atoms with Gasteiger partial charge in [0, 0.05) is 12.3 Å². The number of hydrogen-bond donors (Lipinski definition) is 1. The molecule has 4 nitrogen and oxygen atoms in total. The van der Waals surface area contributed by atoms with Crippen molar-refractivity contribution in [1.82, 2.24) is 14.8 Å². The monoisotopic (exact) mass is 329 g/mol. The van der Waals surface area contributed by atoms with Crippen molar-refractivity contribution in [2.45, 2.75) is 23.9 Å². The lowest BCUT2D eigenvalue weighted by Crippen LogP contribution is -2.18. The summed E-state index contributed by atoms with van der Waals surface area (Å²) in [6.07, 6.45) is 0.758. The van der Waals surface area contributed by atoms with Crippen LogP contribution in [-0.2, 0) is 18.7 Å². The Hall–Kier alpha value is -2.34. The van der Waals surface area contributed by atoms with Gasteiger partial charge in [-0.15, -0.1) is 5.10 Å². The number of thioether (sulfide) groups is 1. The largest absolute Gasteiger partial charge is 0.343 e. The maximum absolute atomic E-state index is 13.2. The maximum atomic E-state index is 13.2. The van der Waals surface area contributed by atoms with Crippen molar-refractivity contribution in [2.24, 2.45) is 0 Å². The van der Waals surface area contributed by atoms with E-state index in [1.54, 1.807) is 10.6 Å². The zero-order valence-electron chi connectivity index (χ0n) is 12.4. The number of aromatic amines is 1. The molecule has 23 heavy (non-hydrogen) atoms. The third-order valence-corrected chi connectivity index (χ3v) is 4.49. The van der Waals surface area contributed by atoms with Crippen LogP contribution in [-0.4, -0.2) is 14.8 Å². The average Bonchev–Trinajstić information content (AvgIpc) is 2.92. The molecule has 0 aliphatic heterocycles. The highest BCUT2D eigenvalue weighted by Gasteiger charge is 2.09. The first-order valence-corrected chi connectivity index (χ1v) is 8.27. The Morgan fingerprint density at radius 1 is 1.09 bits per heavy atom. The predicted octanol–water partition coefficient (Wildman–Crippen LogP) is 3.25. The van der Waals surface area contributed by atoms with Crippen molar-refractivity contribution < 1.29 is 4.39 Å². The Morgan fingerprint density at radius 3 is 2.65 bits per heavy atom. The number of aryl methyl sites for hydroxylation is 1. The molecule has 0 unspecified atom stereocenters. The fourth-order valence-electron chi connectivity index (χ4n) is 2.27. The lowest BCUT2D eigenvalue weighted by Gasteiger charge is -2.06. The number of aromatic nitrogens is 3. The van der Waals surface area contributed by atoms with Crippen molar-refractivity contribution in [1.29, 1.82) is 0 Å².